The van der Waals surface area contributed by atoms with Crippen LogP contribution < -0.4 is 10.2 Å². The second kappa shape index (κ2) is 7.47. The molecule has 2 aromatic rings. The van der Waals surface area contributed by atoms with E-state index in [1.807, 2.05) is 43.3 Å². The SMILES string of the molecule is CN(C)c1ccc([C@H](O)CNC(=O)/C=C/c2ccco2)cc1. The van der Waals surface area contributed by atoms with Crippen molar-refractivity contribution < 1.29 is 14.3 Å². The van der Waals surface area contributed by atoms with Gasteiger partial charge in [0.1, 0.15) is 5.76 Å². The van der Waals surface area contributed by atoms with Gasteiger partial charge in [-0.05, 0) is 35.9 Å². The van der Waals surface area contributed by atoms with E-state index in [4.69, 9.17) is 4.42 Å². The van der Waals surface area contributed by atoms with Gasteiger partial charge in [-0.2, -0.15) is 0 Å². The standard InChI is InChI=1S/C17H20N2O3/c1-19(2)14-7-5-13(6-8-14)16(20)12-18-17(21)10-9-15-4-3-11-22-15/h3-11,16,20H,12H2,1-2H3,(H,18,21)/b10-9+/t16-/m1/s1. The van der Waals surface area contributed by atoms with E-state index in [1.54, 1.807) is 24.5 Å². The van der Waals surface area contributed by atoms with Gasteiger partial charge in [0.2, 0.25) is 5.91 Å². The van der Waals surface area contributed by atoms with Crippen molar-refractivity contribution in [2.75, 3.05) is 25.5 Å². The molecule has 0 unspecified atom stereocenters. The summed E-state index contributed by atoms with van der Waals surface area (Å²) in [7, 11) is 3.91. The number of carbonyl (C=O) groups excluding carboxylic acids is 1. The van der Waals surface area contributed by atoms with Gasteiger partial charge in [-0.25, -0.2) is 0 Å². The number of amides is 1. The van der Waals surface area contributed by atoms with Crippen molar-refractivity contribution in [3.8, 4) is 0 Å². The molecule has 0 fully saturated rings. The van der Waals surface area contributed by atoms with Crippen LogP contribution in [0.4, 0.5) is 5.69 Å². The van der Waals surface area contributed by atoms with Crippen LogP contribution in [-0.2, 0) is 4.79 Å². The molecule has 2 rings (SSSR count). The van der Waals surface area contributed by atoms with Crippen LogP contribution in [0.1, 0.15) is 17.4 Å². The van der Waals surface area contributed by atoms with Gasteiger partial charge < -0.3 is 19.7 Å². The molecule has 5 nitrogen and oxygen atoms in total. The maximum atomic E-state index is 11.7. The number of carbonyl (C=O) groups is 1. The zero-order valence-electron chi connectivity index (χ0n) is 12.7. The van der Waals surface area contributed by atoms with E-state index in [0.717, 1.165) is 11.3 Å². The van der Waals surface area contributed by atoms with Crippen molar-refractivity contribution >= 4 is 17.7 Å². The number of benzene rings is 1. The predicted molar refractivity (Wildman–Crippen MR) is 86.5 cm³/mol. The highest BCUT2D eigenvalue weighted by atomic mass is 16.3. The quantitative estimate of drug-likeness (QED) is 0.803. The maximum Gasteiger partial charge on any atom is 0.244 e. The molecule has 5 heteroatoms. The van der Waals surface area contributed by atoms with Gasteiger partial charge in [-0.1, -0.05) is 12.1 Å². The van der Waals surface area contributed by atoms with Crippen LogP contribution in [0, 0.1) is 0 Å². The lowest BCUT2D eigenvalue weighted by Crippen LogP contribution is -2.26. The number of furan rings is 1. The Labute approximate surface area is 129 Å². The van der Waals surface area contributed by atoms with Crippen molar-refractivity contribution in [3.05, 3.63) is 60.1 Å². The smallest absolute Gasteiger partial charge is 0.244 e. The first-order valence-electron chi connectivity index (χ1n) is 7.01. The monoisotopic (exact) mass is 300 g/mol. The maximum absolute atomic E-state index is 11.7. The van der Waals surface area contributed by atoms with Crippen LogP contribution in [0.2, 0.25) is 0 Å². The minimum absolute atomic E-state index is 0.155. The molecule has 0 aliphatic carbocycles. The number of anilines is 1. The molecule has 0 saturated carbocycles. The summed E-state index contributed by atoms with van der Waals surface area (Å²) < 4.78 is 5.09. The average Bonchev–Trinajstić information content (AvgIpc) is 3.04. The number of nitrogens with one attached hydrogen (secondary N) is 1. The molecule has 1 amide bonds. The fraction of sp³-hybridized carbons (Fsp3) is 0.235. The molecular formula is C17H20N2O3. The lowest BCUT2D eigenvalue weighted by molar-refractivity contribution is -0.116. The van der Waals surface area contributed by atoms with Crippen LogP contribution in [0.25, 0.3) is 6.08 Å². The summed E-state index contributed by atoms with van der Waals surface area (Å²) in [4.78, 5) is 13.6. The molecule has 1 atom stereocenters. The van der Waals surface area contributed by atoms with Gasteiger partial charge >= 0.3 is 0 Å². The second-order valence-electron chi connectivity index (χ2n) is 5.10. The van der Waals surface area contributed by atoms with Crippen LogP contribution in [-0.4, -0.2) is 31.7 Å². The van der Waals surface area contributed by atoms with Crippen molar-refractivity contribution in [2.24, 2.45) is 0 Å². The summed E-state index contributed by atoms with van der Waals surface area (Å²) in [5.74, 6) is 0.329. The van der Waals surface area contributed by atoms with E-state index in [9.17, 15) is 9.90 Å². The van der Waals surface area contributed by atoms with E-state index in [0.29, 0.717) is 5.76 Å². The largest absolute Gasteiger partial charge is 0.465 e. The summed E-state index contributed by atoms with van der Waals surface area (Å²) in [6.07, 6.45) is 3.75. The average molecular weight is 300 g/mol. The highest BCUT2D eigenvalue weighted by Crippen LogP contribution is 2.17. The minimum atomic E-state index is -0.739. The van der Waals surface area contributed by atoms with Crippen LogP contribution in [0.15, 0.2) is 53.2 Å². The van der Waals surface area contributed by atoms with E-state index in [2.05, 4.69) is 5.32 Å². The first kappa shape index (κ1) is 15.9. The Hall–Kier alpha value is -2.53. The van der Waals surface area contributed by atoms with Crippen molar-refractivity contribution in [1.82, 2.24) is 5.32 Å². The van der Waals surface area contributed by atoms with Gasteiger partial charge in [-0.15, -0.1) is 0 Å². The van der Waals surface area contributed by atoms with Crippen molar-refractivity contribution in [3.63, 3.8) is 0 Å². The van der Waals surface area contributed by atoms with Gasteiger partial charge in [0.05, 0.1) is 12.4 Å². The van der Waals surface area contributed by atoms with Gasteiger partial charge in [0.25, 0.3) is 0 Å². The van der Waals surface area contributed by atoms with Gasteiger partial charge in [0, 0.05) is 32.4 Å². The minimum Gasteiger partial charge on any atom is -0.465 e. The van der Waals surface area contributed by atoms with Gasteiger partial charge in [0.15, 0.2) is 0 Å². The Morgan fingerprint density at radius 1 is 1.32 bits per heavy atom. The zero-order valence-corrected chi connectivity index (χ0v) is 12.7. The molecule has 0 saturated heterocycles. The van der Waals surface area contributed by atoms with E-state index in [-0.39, 0.29) is 12.5 Å². The Bertz CT molecular complexity index is 616. The Kier molecular flexibility index (Phi) is 5.38. The molecule has 0 bridgehead atoms. The lowest BCUT2D eigenvalue weighted by atomic mass is 10.1. The summed E-state index contributed by atoms with van der Waals surface area (Å²) in [5.41, 5.74) is 1.82. The highest BCUT2D eigenvalue weighted by molar-refractivity contribution is 5.91. The number of hydrogen-bond acceptors (Lipinski definition) is 4. The molecule has 22 heavy (non-hydrogen) atoms. The Balaban J connectivity index is 1.84. The Morgan fingerprint density at radius 3 is 2.64 bits per heavy atom. The summed E-state index contributed by atoms with van der Waals surface area (Å²) in [5, 5.41) is 12.7. The van der Waals surface area contributed by atoms with Crippen LogP contribution in [0.5, 0.6) is 0 Å². The second-order valence-corrected chi connectivity index (χ2v) is 5.10. The number of rotatable bonds is 6. The molecule has 0 aliphatic rings. The first-order chi connectivity index (χ1) is 10.6. The van der Waals surface area contributed by atoms with E-state index >= 15 is 0 Å². The van der Waals surface area contributed by atoms with Crippen LogP contribution >= 0.6 is 0 Å². The molecule has 0 radical (unpaired) electrons. The molecule has 1 heterocycles. The first-order valence-corrected chi connectivity index (χ1v) is 7.01. The number of hydrogen-bond donors (Lipinski definition) is 2. The zero-order chi connectivity index (χ0) is 15.9. The molecule has 0 aliphatic heterocycles. The Morgan fingerprint density at radius 2 is 2.05 bits per heavy atom. The molecule has 1 aromatic carbocycles. The summed E-state index contributed by atoms with van der Waals surface area (Å²) >= 11 is 0. The fourth-order valence-corrected chi connectivity index (χ4v) is 1.91. The third-order valence-electron chi connectivity index (χ3n) is 3.21. The fourth-order valence-electron chi connectivity index (χ4n) is 1.91. The molecule has 2 N–H and O–H groups in total. The van der Waals surface area contributed by atoms with E-state index < -0.39 is 6.10 Å². The predicted octanol–water partition coefficient (Wildman–Crippen LogP) is 2.21. The van der Waals surface area contributed by atoms with Crippen molar-refractivity contribution in [1.29, 1.82) is 0 Å². The number of aliphatic hydroxyl groups excluding tert-OH is 1. The van der Waals surface area contributed by atoms with Gasteiger partial charge in [-0.3, -0.25) is 4.79 Å². The molecule has 0 spiro atoms. The number of nitrogens with zero attached hydrogens (tertiary/aromatic N) is 1. The number of aliphatic hydroxyl groups is 1. The third kappa shape index (κ3) is 4.49. The topological polar surface area (TPSA) is 65.7 Å². The highest BCUT2D eigenvalue weighted by Gasteiger charge is 2.08. The molecule has 1 aromatic heterocycles. The molecular weight excluding hydrogens is 280 g/mol. The van der Waals surface area contributed by atoms with E-state index in [1.165, 1.54) is 6.08 Å². The normalized spacial score (nSPS) is 12.3. The lowest BCUT2D eigenvalue weighted by Gasteiger charge is -2.15. The van der Waals surface area contributed by atoms with Crippen LogP contribution in [0.3, 0.4) is 0 Å². The summed E-state index contributed by atoms with van der Waals surface area (Å²) in [6, 6.07) is 11.1. The van der Waals surface area contributed by atoms with Crippen molar-refractivity contribution in [2.45, 2.75) is 6.10 Å². The molecule has 116 valence electrons. The summed E-state index contributed by atoms with van der Waals surface area (Å²) in [6.45, 7) is 0.155. The third-order valence-corrected chi connectivity index (χ3v) is 3.21.